The molecule has 2 nitrogen and oxygen atoms in total. The van der Waals surface area contributed by atoms with Crippen molar-refractivity contribution in [2.24, 2.45) is 11.8 Å². The number of ether oxygens (including phenoxy) is 1. The molecular weight excluding hydrogens is 229 g/mol. The van der Waals surface area contributed by atoms with Crippen molar-refractivity contribution in [3.8, 4) is 0 Å². The van der Waals surface area contributed by atoms with Crippen LogP contribution in [0.1, 0.15) is 32.4 Å². The fourth-order valence-corrected chi connectivity index (χ4v) is 3.15. The lowest BCUT2D eigenvalue weighted by Crippen LogP contribution is -2.33. The molecule has 1 aromatic rings. The number of hydrogen-bond donors (Lipinski definition) is 1. The minimum absolute atomic E-state index is 0.00106. The van der Waals surface area contributed by atoms with Crippen molar-refractivity contribution in [3.05, 3.63) is 35.6 Å². The third-order valence-corrected chi connectivity index (χ3v) is 4.26. The van der Waals surface area contributed by atoms with Gasteiger partial charge < -0.3 is 10.1 Å². The average molecular weight is 251 g/mol. The molecule has 1 aromatic carbocycles. The highest BCUT2D eigenvalue weighted by Gasteiger charge is 2.42. The summed E-state index contributed by atoms with van der Waals surface area (Å²) in [6, 6.07) is 7.00. The Hall–Kier alpha value is -0.930. The van der Waals surface area contributed by atoms with E-state index < -0.39 is 0 Å². The first-order chi connectivity index (χ1) is 8.56. The van der Waals surface area contributed by atoms with Gasteiger partial charge in [-0.2, -0.15) is 0 Å². The summed E-state index contributed by atoms with van der Waals surface area (Å²) in [4.78, 5) is 0. The van der Waals surface area contributed by atoms with Crippen molar-refractivity contribution in [2.45, 2.75) is 39.0 Å². The highest BCUT2D eigenvalue weighted by atomic mass is 19.1. The van der Waals surface area contributed by atoms with E-state index in [0.717, 1.165) is 5.56 Å². The highest BCUT2D eigenvalue weighted by Crippen LogP contribution is 2.40. The Morgan fingerprint density at radius 3 is 2.33 bits per heavy atom. The third kappa shape index (κ3) is 2.29. The maximum absolute atomic E-state index is 14.0. The van der Waals surface area contributed by atoms with E-state index in [2.05, 4.69) is 26.1 Å². The van der Waals surface area contributed by atoms with Gasteiger partial charge in [-0.25, -0.2) is 4.39 Å². The van der Waals surface area contributed by atoms with Crippen molar-refractivity contribution in [1.82, 2.24) is 5.32 Å². The second-order valence-electron chi connectivity index (χ2n) is 5.27. The summed E-state index contributed by atoms with van der Waals surface area (Å²) >= 11 is 0. The zero-order valence-electron chi connectivity index (χ0n) is 11.5. The number of hydrogen-bond acceptors (Lipinski definition) is 2. The van der Waals surface area contributed by atoms with Gasteiger partial charge in [0.1, 0.15) is 5.82 Å². The van der Waals surface area contributed by atoms with Crippen LogP contribution in [0.5, 0.6) is 0 Å². The average Bonchev–Trinajstić information content (AvgIpc) is 2.59. The van der Waals surface area contributed by atoms with Crippen molar-refractivity contribution in [2.75, 3.05) is 7.05 Å². The molecule has 1 aliphatic rings. The van der Waals surface area contributed by atoms with E-state index in [9.17, 15) is 4.39 Å². The lowest BCUT2D eigenvalue weighted by Gasteiger charge is -2.29. The monoisotopic (exact) mass is 251 g/mol. The van der Waals surface area contributed by atoms with Crippen LogP contribution in [0.2, 0.25) is 0 Å². The summed E-state index contributed by atoms with van der Waals surface area (Å²) in [5, 5.41) is 3.26. The van der Waals surface area contributed by atoms with Gasteiger partial charge in [-0.3, -0.25) is 0 Å². The standard InChI is InChI=1S/C15H22FNO/c1-9-10(2)18-11(3)14(9)15(17-4)12-7-5-6-8-13(12)16/h5-11,14-15,17H,1-4H3. The molecule has 1 saturated heterocycles. The Morgan fingerprint density at radius 1 is 1.17 bits per heavy atom. The van der Waals surface area contributed by atoms with Crippen LogP contribution < -0.4 is 5.32 Å². The minimum Gasteiger partial charge on any atom is -0.375 e. The highest BCUT2D eigenvalue weighted by molar-refractivity contribution is 5.23. The Morgan fingerprint density at radius 2 is 1.83 bits per heavy atom. The van der Waals surface area contributed by atoms with Crippen molar-refractivity contribution >= 4 is 0 Å². The van der Waals surface area contributed by atoms with Crippen LogP contribution in [0.15, 0.2) is 24.3 Å². The van der Waals surface area contributed by atoms with E-state index in [1.54, 1.807) is 6.07 Å². The van der Waals surface area contributed by atoms with Gasteiger partial charge in [0, 0.05) is 17.5 Å². The quantitative estimate of drug-likeness (QED) is 0.891. The lowest BCUT2D eigenvalue weighted by molar-refractivity contribution is 0.0477. The molecule has 1 heterocycles. The number of nitrogens with one attached hydrogen (secondary N) is 1. The summed E-state index contributed by atoms with van der Waals surface area (Å²) in [5.41, 5.74) is 0.737. The molecular formula is C15H22FNO. The Kier molecular flexibility index (Phi) is 4.03. The van der Waals surface area contributed by atoms with Crippen LogP contribution in [0.3, 0.4) is 0 Å². The second-order valence-corrected chi connectivity index (χ2v) is 5.27. The molecule has 0 amide bonds. The molecule has 0 saturated carbocycles. The largest absolute Gasteiger partial charge is 0.375 e. The fraction of sp³-hybridized carbons (Fsp3) is 0.600. The van der Waals surface area contributed by atoms with Crippen LogP contribution in [-0.4, -0.2) is 19.3 Å². The molecule has 5 unspecified atom stereocenters. The van der Waals surface area contributed by atoms with Gasteiger partial charge in [0.25, 0.3) is 0 Å². The summed E-state index contributed by atoms with van der Waals surface area (Å²) in [6.07, 6.45) is 0.375. The zero-order chi connectivity index (χ0) is 13.3. The normalized spacial score (nSPS) is 33.6. The summed E-state index contributed by atoms with van der Waals surface area (Å²) in [6.45, 7) is 6.36. The molecule has 100 valence electrons. The van der Waals surface area contributed by atoms with Crippen LogP contribution in [0.25, 0.3) is 0 Å². The Labute approximate surface area is 109 Å². The molecule has 1 aliphatic heterocycles. The zero-order valence-corrected chi connectivity index (χ0v) is 11.5. The van der Waals surface area contributed by atoms with Gasteiger partial charge in [0.2, 0.25) is 0 Å². The smallest absolute Gasteiger partial charge is 0.127 e. The minimum atomic E-state index is -0.143. The van der Waals surface area contributed by atoms with Crippen molar-refractivity contribution in [1.29, 1.82) is 0 Å². The molecule has 0 bridgehead atoms. The Bertz CT molecular complexity index is 409. The van der Waals surface area contributed by atoms with Gasteiger partial charge in [-0.1, -0.05) is 25.1 Å². The van der Waals surface area contributed by atoms with Gasteiger partial charge in [-0.05, 0) is 32.9 Å². The van der Waals surface area contributed by atoms with E-state index >= 15 is 0 Å². The topological polar surface area (TPSA) is 21.3 Å². The molecule has 2 rings (SSSR count). The van der Waals surface area contributed by atoms with E-state index in [1.165, 1.54) is 6.07 Å². The molecule has 0 spiro atoms. The maximum atomic E-state index is 14.0. The number of halogens is 1. The SMILES string of the molecule is CNC(c1ccccc1F)C1C(C)OC(C)C1C. The first kappa shape index (κ1) is 13.5. The fourth-order valence-electron chi connectivity index (χ4n) is 3.15. The van der Waals surface area contributed by atoms with E-state index in [-0.39, 0.29) is 24.1 Å². The molecule has 3 heteroatoms. The summed E-state index contributed by atoms with van der Waals surface area (Å²) in [5.74, 6) is 0.565. The van der Waals surface area contributed by atoms with E-state index in [4.69, 9.17) is 4.74 Å². The first-order valence-electron chi connectivity index (χ1n) is 6.63. The van der Waals surface area contributed by atoms with Gasteiger partial charge in [0.15, 0.2) is 0 Å². The molecule has 0 radical (unpaired) electrons. The molecule has 0 aromatic heterocycles. The van der Waals surface area contributed by atoms with Crippen LogP contribution >= 0.6 is 0 Å². The third-order valence-electron chi connectivity index (χ3n) is 4.26. The number of rotatable bonds is 3. The Balaban J connectivity index is 2.32. The lowest BCUT2D eigenvalue weighted by atomic mass is 9.80. The molecule has 0 aliphatic carbocycles. The van der Waals surface area contributed by atoms with E-state index in [1.807, 2.05) is 19.2 Å². The predicted octanol–water partition coefficient (Wildman–Crippen LogP) is 3.15. The molecule has 1 N–H and O–H groups in total. The van der Waals surface area contributed by atoms with Crippen LogP contribution in [-0.2, 0) is 4.74 Å². The second kappa shape index (κ2) is 5.37. The van der Waals surface area contributed by atoms with E-state index in [0.29, 0.717) is 11.8 Å². The van der Waals surface area contributed by atoms with Crippen molar-refractivity contribution < 1.29 is 9.13 Å². The molecule has 1 fully saturated rings. The predicted molar refractivity (Wildman–Crippen MR) is 70.9 cm³/mol. The van der Waals surface area contributed by atoms with Gasteiger partial charge in [0.05, 0.1) is 12.2 Å². The maximum Gasteiger partial charge on any atom is 0.127 e. The van der Waals surface area contributed by atoms with Crippen molar-refractivity contribution in [3.63, 3.8) is 0 Å². The van der Waals surface area contributed by atoms with Gasteiger partial charge in [-0.15, -0.1) is 0 Å². The molecule has 18 heavy (non-hydrogen) atoms. The summed E-state index contributed by atoms with van der Waals surface area (Å²) < 4.78 is 19.8. The van der Waals surface area contributed by atoms with Crippen LogP contribution in [0.4, 0.5) is 4.39 Å². The summed E-state index contributed by atoms with van der Waals surface area (Å²) in [7, 11) is 1.89. The number of benzene rings is 1. The first-order valence-corrected chi connectivity index (χ1v) is 6.63. The van der Waals surface area contributed by atoms with Crippen LogP contribution in [0, 0.1) is 17.7 Å². The van der Waals surface area contributed by atoms with Gasteiger partial charge >= 0.3 is 0 Å². The molecule has 5 atom stereocenters.